The number of nitrogens with zero attached hydrogens (tertiary/aromatic N) is 9. The molecular weight excluding hydrogens is 594 g/mol. The molecule has 4 aromatic rings. The van der Waals surface area contributed by atoms with Gasteiger partial charge in [-0.3, -0.25) is 4.90 Å². The van der Waals surface area contributed by atoms with Crippen LogP contribution in [0.25, 0.3) is 11.5 Å². The van der Waals surface area contributed by atoms with Gasteiger partial charge in [0.15, 0.2) is 0 Å². The van der Waals surface area contributed by atoms with Crippen molar-refractivity contribution >= 4 is 34.9 Å². The fourth-order valence-electron chi connectivity index (χ4n) is 6.74. The number of hydrogen-bond acceptors (Lipinski definition) is 11. The summed E-state index contributed by atoms with van der Waals surface area (Å²) in [7, 11) is 0. The molecule has 2 N–H and O–H groups in total. The molecule has 7 rings (SSSR count). The summed E-state index contributed by atoms with van der Waals surface area (Å²) >= 11 is 0. The molecule has 3 aliphatic heterocycles. The van der Waals surface area contributed by atoms with Crippen molar-refractivity contribution in [3.8, 4) is 11.5 Å². The SMILES string of the molecule is CCN1CCN(C2CCN(c3ccc(Nc4nccc(N5CCN(C(=O)Nc6ccc(-c7nnco7)cc6)CC5)n4)cc3)CC2)CC1. The number of anilines is 5. The van der Waals surface area contributed by atoms with E-state index in [1.54, 1.807) is 6.20 Å². The molecule has 3 saturated heterocycles. The van der Waals surface area contributed by atoms with Crippen LogP contribution in [0.4, 0.5) is 33.6 Å². The highest BCUT2D eigenvalue weighted by molar-refractivity contribution is 5.89. The summed E-state index contributed by atoms with van der Waals surface area (Å²) in [6.45, 7) is 13.0. The van der Waals surface area contributed by atoms with E-state index >= 15 is 0 Å². The Morgan fingerprint density at radius 2 is 1.55 bits per heavy atom. The third-order valence-electron chi connectivity index (χ3n) is 9.60. The van der Waals surface area contributed by atoms with E-state index in [0.717, 1.165) is 36.7 Å². The van der Waals surface area contributed by atoms with Gasteiger partial charge >= 0.3 is 6.03 Å². The lowest BCUT2D eigenvalue weighted by Gasteiger charge is -2.43. The summed E-state index contributed by atoms with van der Waals surface area (Å²) < 4.78 is 5.23. The van der Waals surface area contributed by atoms with Gasteiger partial charge in [-0.25, -0.2) is 9.78 Å². The third kappa shape index (κ3) is 7.47. The van der Waals surface area contributed by atoms with Crippen LogP contribution in [-0.2, 0) is 0 Å². The van der Waals surface area contributed by atoms with Crippen LogP contribution in [0.1, 0.15) is 19.8 Å². The number of urea groups is 1. The molecule has 3 fully saturated rings. The number of piperazine rings is 2. The molecule has 13 heteroatoms. The molecule has 0 radical (unpaired) electrons. The standard InChI is InChI=1S/C34H43N11O2/c1-2-41-17-19-43(20-18-41)30-12-15-42(16-13-30)29-9-7-27(8-10-29)37-33-35-14-11-31(39-33)44-21-23-45(24-22-44)34(46)38-28-5-3-26(4-6-28)32-40-36-25-47-32/h3-11,14,25,30H,2,12-13,15-24H2,1H3,(H,38,46)(H,35,37,39). The highest BCUT2D eigenvalue weighted by Gasteiger charge is 2.27. The third-order valence-corrected chi connectivity index (χ3v) is 9.60. The van der Waals surface area contributed by atoms with Gasteiger partial charge in [0, 0.05) is 100 Å². The Labute approximate surface area is 275 Å². The summed E-state index contributed by atoms with van der Waals surface area (Å²) in [5.41, 5.74) is 3.73. The van der Waals surface area contributed by atoms with Gasteiger partial charge in [-0.05, 0) is 74.0 Å². The van der Waals surface area contributed by atoms with E-state index in [9.17, 15) is 4.79 Å². The highest BCUT2D eigenvalue weighted by atomic mass is 16.4. The van der Waals surface area contributed by atoms with Crippen LogP contribution in [0.15, 0.2) is 71.6 Å². The van der Waals surface area contributed by atoms with Gasteiger partial charge in [0.25, 0.3) is 0 Å². The smallest absolute Gasteiger partial charge is 0.321 e. The van der Waals surface area contributed by atoms with Gasteiger partial charge in [-0.15, -0.1) is 10.2 Å². The molecule has 0 spiro atoms. The Hall–Kier alpha value is -4.75. The Bertz CT molecular complexity index is 1580. The van der Waals surface area contributed by atoms with Crippen LogP contribution < -0.4 is 20.4 Å². The maximum absolute atomic E-state index is 12.9. The van der Waals surface area contributed by atoms with Crippen LogP contribution in [-0.4, -0.2) is 119 Å². The topological polar surface area (TPSA) is 122 Å². The molecule has 0 bridgehead atoms. The van der Waals surface area contributed by atoms with Gasteiger partial charge in [0.05, 0.1) is 0 Å². The summed E-state index contributed by atoms with van der Waals surface area (Å²) in [6, 6.07) is 18.5. The van der Waals surface area contributed by atoms with Crippen molar-refractivity contribution in [2.75, 3.05) is 92.4 Å². The van der Waals surface area contributed by atoms with E-state index in [2.05, 4.69) is 76.6 Å². The predicted molar refractivity (Wildman–Crippen MR) is 183 cm³/mol. The van der Waals surface area contributed by atoms with E-state index in [-0.39, 0.29) is 6.03 Å². The summed E-state index contributed by atoms with van der Waals surface area (Å²) in [4.78, 5) is 33.9. The van der Waals surface area contributed by atoms with Crippen molar-refractivity contribution in [2.45, 2.75) is 25.8 Å². The highest BCUT2D eigenvalue weighted by Crippen LogP contribution is 2.26. The number of amides is 2. The number of rotatable bonds is 8. The van der Waals surface area contributed by atoms with Gasteiger partial charge < -0.3 is 34.7 Å². The first-order chi connectivity index (χ1) is 23.1. The zero-order chi connectivity index (χ0) is 32.0. The lowest BCUT2D eigenvalue weighted by molar-refractivity contribution is 0.0878. The largest absolute Gasteiger partial charge is 0.423 e. The molecule has 5 heterocycles. The lowest BCUT2D eigenvalue weighted by Crippen LogP contribution is -2.53. The number of aromatic nitrogens is 4. The number of benzene rings is 2. The predicted octanol–water partition coefficient (Wildman–Crippen LogP) is 4.23. The zero-order valence-electron chi connectivity index (χ0n) is 27.0. The molecular formula is C34H43N11O2. The number of piperidine rings is 1. The van der Waals surface area contributed by atoms with Crippen molar-refractivity contribution in [1.82, 2.24) is 34.9 Å². The molecule has 47 heavy (non-hydrogen) atoms. The maximum atomic E-state index is 12.9. The van der Waals surface area contributed by atoms with Crippen LogP contribution in [0.3, 0.4) is 0 Å². The quantitative estimate of drug-likeness (QED) is 0.289. The minimum Gasteiger partial charge on any atom is -0.423 e. The van der Waals surface area contributed by atoms with Crippen LogP contribution in [0.5, 0.6) is 0 Å². The number of nitrogens with one attached hydrogen (secondary N) is 2. The van der Waals surface area contributed by atoms with Crippen molar-refractivity contribution in [1.29, 1.82) is 0 Å². The zero-order valence-corrected chi connectivity index (χ0v) is 27.0. The lowest BCUT2D eigenvalue weighted by atomic mass is 10.0. The second-order valence-electron chi connectivity index (χ2n) is 12.3. The fourth-order valence-corrected chi connectivity index (χ4v) is 6.74. The van der Waals surface area contributed by atoms with Gasteiger partial charge in [-0.1, -0.05) is 6.92 Å². The summed E-state index contributed by atoms with van der Waals surface area (Å²) in [5, 5.41) is 14.0. The van der Waals surface area contributed by atoms with Crippen molar-refractivity contribution < 1.29 is 9.21 Å². The van der Waals surface area contributed by atoms with Crippen molar-refractivity contribution in [3.05, 3.63) is 67.2 Å². The molecule has 0 saturated carbocycles. The number of hydrogen-bond donors (Lipinski definition) is 2. The van der Waals surface area contributed by atoms with Crippen molar-refractivity contribution in [2.24, 2.45) is 0 Å². The Balaban J connectivity index is 0.870. The molecule has 13 nitrogen and oxygen atoms in total. The second-order valence-corrected chi connectivity index (χ2v) is 12.3. The Kier molecular flexibility index (Phi) is 9.43. The minimum atomic E-state index is -0.126. The molecule has 2 aromatic carbocycles. The van der Waals surface area contributed by atoms with E-state index in [0.29, 0.717) is 49.7 Å². The first kappa shape index (κ1) is 30.9. The second kappa shape index (κ2) is 14.3. The van der Waals surface area contributed by atoms with E-state index in [4.69, 9.17) is 9.40 Å². The average Bonchev–Trinajstić information content (AvgIpc) is 3.68. The first-order valence-electron chi connectivity index (χ1n) is 16.7. The molecule has 2 amide bonds. The van der Waals surface area contributed by atoms with Gasteiger partial charge in [-0.2, -0.15) is 4.98 Å². The number of carbonyl (C=O) groups excluding carboxylic acids is 1. The molecule has 246 valence electrons. The van der Waals surface area contributed by atoms with Crippen LogP contribution in [0.2, 0.25) is 0 Å². The summed E-state index contributed by atoms with van der Waals surface area (Å²) in [6.07, 6.45) is 5.52. The summed E-state index contributed by atoms with van der Waals surface area (Å²) in [5.74, 6) is 1.84. The van der Waals surface area contributed by atoms with E-state index < -0.39 is 0 Å². The first-order valence-corrected chi connectivity index (χ1v) is 16.7. The molecule has 0 atom stereocenters. The maximum Gasteiger partial charge on any atom is 0.321 e. The van der Waals surface area contributed by atoms with E-state index in [1.165, 1.54) is 51.1 Å². The Morgan fingerprint density at radius 1 is 0.830 bits per heavy atom. The monoisotopic (exact) mass is 637 g/mol. The van der Waals surface area contributed by atoms with Gasteiger partial charge in [0.2, 0.25) is 18.2 Å². The van der Waals surface area contributed by atoms with Crippen LogP contribution >= 0.6 is 0 Å². The molecule has 2 aromatic heterocycles. The number of carbonyl (C=O) groups is 1. The van der Waals surface area contributed by atoms with Crippen molar-refractivity contribution in [3.63, 3.8) is 0 Å². The van der Waals surface area contributed by atoms with Crippen LogP contribution in [0, 0.1) is 0 Å². The minimum absolute atomic E-state index is 0.126. The molecule has 0 unspecified atom stereocenters. The average molecular weight is 638 g/mol. The van der Waals surface area contributed by atoms with E-state index in [1.807, 2.05) is 35.2 Å². The fraction of sp³-hybridized carbons (Fsp3) is 0.441. The Morgan fingerprint density at radius 3 is 2.23 bits per heavy atom. The number of likely N-dealkylation sites (N-methyl/N-ethyl adjacent to an activating group) is 1. The van der Waals surface area contributed by atoms with Gasteiger partial charge in [0.1, 0.15) is 5.82 Å². The molecule has 3 aliphatic rings. The normalized spacial score (nSPS) is 18.4. The molecule has 0 aliphatic carbocycles.